The lowest BCUT2D eigenvalue weighted by molar-refractivity contribution is 0.838. The summed E-state index contributed by atoms with van der Waals surface area (Å²) in [5.74, 6) is 3.24. The average Bonchev–Trinajstić information content (AvgIpc) is 2.30. The number of rotatable bonds is 1. The molecule has 0 aromatic carbocycles. The lowest BCUT2D eigenvalue weighted by Crippen LogP contribution is -2.33. The van der Waals surface area contributed by atoms with Crippen LogP contribution < -0.4 is 4.90 Å². The van der Waals surface area contributed by atoms with Gasteiger partial charge in [-0.25, -0.2) is 4.98 Å². The standard InChI is InChI=1S/C10H11N3S/c11-8-9-2-1-3-10(12-9)13-4-6-14-7-5-13/h1-3H,4-7H2. The Morgan fingerprint density at radius 3 is 2.86 bits per heavy atom. The Hall–Kier alpha value is -1.21. The fourth-order valence-corrected chi connectivity index (χ4v) is 2.36. The fraction of sp³-hybridized carbons (Fsp3) is 0.400. The smallest absolute Gasteiger partial charge is 0.142 e. The quantitative estimate of drug-likeness (QED) is 0.696. The summed E-state index contributed by atoms with van der Waals surface area (Å²) in [6, 6.07) is 7.66. The maximum atomic E-state index is 8.73. The van der Waals surface area contributed by atoms with Crippen LogP contribution in [0.25, 0.3) is 0 Å². The Balaban J connectivity index is 2.18. The molecule has 0 atom stereocenters. The predicted molar refractivity (Wildman–Crippen MR) is 58.5 cm³/mol. The Labute approximate surface area is 87.7 Å². The second kappa shape index (κ2) is 4.34. The highest BCUT2D eigenvalue weighted by Crippen LogP contribution is 2.16. The molecular formula is C10H11N3S. The summed E-state index contributed by atoms with van der Waals surface area (Å²) in [5, 5.41) is 8.73. The number of hydrogen-bond acceptors (Lipinski definition) is 4. The van der Waals surface area contributed by atoms with Crippen molar-refractivity contribution in [2.75, 3.05) is 29.5 Å². The lowest BCUT2D eigenvalue weighted by Gasteiger charge is -2.27. The molecule has 0 aliphatic carbocycles. The highest BCUT2D eigenvalue weighted by molar-refractivity contribution is 7.99. The molecule has 1 aliphatic rings. The van der Waals surface area contributed by atoms with Crippen LogP contribution in [-0.4, -0.2) is 29.6 Å². The number of nitriles is 1. The summed E-state index contributed by atoms with van der Waals surface area (Å²) in [6.07, 6.45) is 0. The minimum atomic E-state index is 0.501. The van der Waals surface area contributed by atoms with E-state index in [1.165, 1.54) is 0 Å². The van der Waals surface area contributed by atoms with Gasteiger partial charge in [0.2, 0.25) is 0 Å². The molecule has 1 aliphatic heterocycles. The number of anilines is 1. The first-order chi connectivity index (χ1) is 6.90. The topological polar surface area (TPSA) is 39.9 Å². The van der Waals surface area contributed by atoms with Crippen LogP contribution in [0.4, 0.5) is 5.82 Å². The van der Waals surface area contributed by atoms with Crippen molar-refractivity contribution in [3.63, 3.8) is 0 Å². The summed E-state index contributed by atoms with van der Waals surface area (Å²) in [4.78, 5) is 6.50. The van der Waals surface area contributed by atoms with Crippen LogP contribution in [0.1, 0.15) is 5.69 Å². The van der Waals surface area contributed by atoms with E-state index in [-0.39, 0.29) is 0 Å². The Bertz CT molecular complexity index is 353. The van der Waals surface area contributed by atoms with E-state index >= 15 is 0 Å². The van der Waals surface area contributed by atoms with Crippen LogP contribution in [0.3, 0.4) is 0 Å². The van der Waals surface area contributed by atoms with Crippen LogP contribution in [0.15, 0.2) is 18.2 Å². The first kappa shape index (κ1) is 9.35. The second-order valence-electron chi connectivity index (χ2n) is 3.09. The zero-order valence-electron chi connectivity index (χ0n) is 7.81. The van der Waals surface area contributed by atoms with E-state index in [1.54, 1.807) is 6.07 Å². The van der Waals surface area contributed by atoms with Crippen molar-refractivity contribution in [1.29, 1.82) is 5.26 Å². The van der Waals surface area contributed by atoms with E-state index in [4.69, 9.17) is 5.26 Å². The monoisotopic (exact) mass is 205 g/mol. The van der Waals surface area contributed by atoms with Gasteiger partial charge in [0.25, 0.3) is 0 Å². The van der Waals surface area contributed by atoms with Crippen LogP contribution in [0.2, 0.25) is 0 Å². The zero-order chi connectivity index (χ0) is 9.80. The summed E-state index contributed by atoms with van der Waals surface area (Å²) >= 11 is 1.97. The Kier molecular flexibility index (Phi) is 2.90. The summed E-state index contributed by atoms with van der Waals surface area (Å²) in [7, 11) is 0. The Morgan fingerprint density at radius 2 is 2.14 bits per heavy atom. The molecule has 3 nitrogen and oxygen atoms in total. The van der Waals surface area contributed by atoms with E-state index in [2.05, 4.69) is 16.0 Å². The third-order valence-electron chi connectivity index (χ3n) is 2.18. The van der Waals surface area contributed by atoms with E-state index in [9.17, 15) is 0 Å². The van der Waals surface area contributed by atoms with Crippen LogP contribution in [0.5, 0.6) is 0 Å². The summed E-state index contributed by atoms with van der Waals surface area (Å²) in [6.45, 7) is 2.07. The predicted octanol–water partition coefficient (Wildman–Crippen LogP) is 1.51. The number of nitrogens with zero attached hydrogens (tertiary/aromatic N) is 3. The second-order valence-corrected chi connectivity index (χ2v) is 4.32. The first-order valence-corrected chi connectivity index (χ1v) is 5.75. The van der Waals surface area contributed by atoms with E-state index < -0.39 is 0 Å². The molecule has 0 unspecified atom stereocenters. The van der Waals surface area contributed by atoms with E-state index in [1.807, 2.05) is 23.9 Å². The van der Waals surface area contributed by atoms with Crippen molar-refractivity contribution in [1.82, 2.24) is 4.98 Å². The largest absolute Gasteiger partial charge is 0.355 e. The molecule has 0 saturated carbocycles. The van der Waals surface area contributed by atoms with Gasteiger partial charge in [-0.1, -0.05) is 6.07 Å². The van der Waals surface area contributed by atoms with Crippen molar-refractivity contribution in [2.24, 2.45) is 0 Å². The number of hydrogen-bond donors (Lipinski definition) is 0. The number of thioether (sulfide) groups is 1. The molecule has 1 saturated heterocycles. The molecule has 2 rings (SSSR count). The van der Waals surface area contributed by atoms with Gasteiger partial charge in [0.1, 0.15) is 17.6 Å². The van der Waals surface area contributed by atoms with E-state index in [0.29, 0.717) is 5.69 Å². The van der Waals surface area contributed by atoms with Gasteiger partial charge in [-0.3, -0.25) is 0 Å². The van der Waals surface area contributed by atoms with Gasteiger partial charge in [-0.2, -0.15) is 17.0 Å². The molecule has 1 aromatic rings. The highest BCUT2D eigenvalue weighted by Gasteiger charge is 2.12. The molecule has 4 heteroatoms. The summed E-state index contributed by atoms with van der Waals surface area (Å²) < 4.78 is 0. The normalized spacial score (nSPS) is 16.4. The molecule has 0 bridgehead atoms. The molecule has 2 heterocycles. The van der Waals surface area contributed by atoms with Gasteiger partial charge in [0.05, 0.1) is 0 Å². The molecule has 1 aromatic heterocycles. The number of pyridine rings is 1. The van der Waals surface area contributed by atoms with Crippen molar-refractivity contribution >= 4 is 17.6 Å². The summed E-state index contributed by atoms with van der Waals surface area (Å²) in [5.41, 5.74) is 0.501. The average molecular weight is 205 g/mol. The zero-order valence-corrected chi connectivity index (χ0v) is 8.63. The van der Waals surface area contributed by atoms with Gasteiger partial charge < -0.3 is 4.90 Å². The fourth-order valence-electron chi connectivity index (χ4n) is 1.45. The van der Waals surface area contributed by atoms with Gasteiger partial charge in [-0.15, -0.1) is 0 Å². The minimum absolute atomic E-state index is 0.501. The van der Waals surface area contributed by atoms with Crippen molar-refractivity contribution in [3.8, 4) is 6.07 Å². The SMILES string of the molecule is N#Cc1cccc(N2CCSCC2)n1. The van der Waals surface area contributed by atoms with Gasteiger partial charge in [0, 0.05) is 24.6 Å². The molecular weight excluding hydrogens is 194 g/mol. The van der Waals surface area contributed by atoms with Crippen molar-refractivity contribution in [3.05, 3.63) is 23.9 Å². The van der Waals surface area contributed by atoms with Gasteiger partial charge >= 0.3 is 0 Å². The van der Waals surface area contributed by atoms with Gasteiger partial charge in [-0.05, 0) is 12.1 Å². The van der Waals surface area contributed by atoms with Crippen LogP contribution in [0, 0.1) is 11.3 Å². The third kappa shape index (κ3) is 1.99. The third-order valence-corrected chi connectivity index (χ3v) is 3.13. The molecule has 14 heavy (non-hydrogen) atoms. The van der Waals surface area contributed by atoms with Crippen LogP contribution in [-0.2, 0) is 0 Å². The molecule has 0 spiro atoms. The maximum absolute atomic E-state index is 8.73. The van der Waals surface area contributed by atoms with Crippen LogP contribution >= 0.6 is 11.8 Å². The number of aromatic nitrogens is 1. The molecule has 72 valence electrons. The first-order valence-electron chi connectivity index (χ1n) is 4.60. The molecule has 1 fully saturated rings. The minimum Gasteiger partial charge on any atom is -0.355 e. The lowest BCUT2D eigenvalue weighted by atomic mass is 10.3. The van der Waals surface area contributed by atoms with Gasteiger partial charge in [0.15, 0.2) is 0 Å². The molecule has 0 radical (unpaired) electrons. The maximum Gasteiger partial charge on any atom is 0.142 e. The molecule has 0 amide bonds. The molecule has 0 N–H and O–H groups in total. The van der Waals surface area contributed by atoms with Crippen molar-refractivity contribution < 1.29 is 0 Å². The Morgan fingerprint density at radius 1 is 1.36 bits per heavy atom. The highest BCUT2D eigenvalue weighted by atomic mass is 32.2. The van der Waals surface area contributed by atoms with Crippen molar-refractivity contribution in [2.45, 2.75) is 0 Å². The van der Waals surface area contributed by atoms with E-state index in [0.717, 1.165) is 30.4 Å².